The smallest absolute Gasteiger partial charge is 0.264 e. The average Bonchev–Trinajstić information content (AvgIpc) is 3.09. The molecule has 2 amide bonds. The molecule has 0 bridgehead atoms. The van der Waals surface area contributed by atoms with Crippen molar-refractivity contribution in [3.05, 3.63) is 125 Å². The van der Waals surface area contributed by atoms with Crippen molar-refractivity contribution in [2.45, 2.75) is 70.4 Å². The molecule has 4 rings (SSSR count). The molecule has 254 valence electrons. The second kappa shape index (κ2) is 17.0. The summed E-state index contributed by atoms with van der Waals surface area (Å²) >= 11 is 0. The minimum Gasteiger partial charge on any atom is -0.497 e. The number of hydrogen-bond donors (Lipinski definition) is 1. The second-order valence-corrected chi connectivity index (χ2v) is 14.2. The van der Waals surface area contributed by atoms with Crippen molar-refractivity contribution in [1.29, 1.82) is 0 Å². The molecule has 48 heavy (non-hydrogen) atoms. The Morgan fingerprint density at radius 1 is 0.854 bits per heavy atom. The van der Waals surface area contributed by atoms with Crippen LogP contribution in [0, 0.1) is 6.92 Å². The molecular weight excluding hydrogens is 623 g/mol. The number of benzene rings is 4. The summed E-state index contributed by atoms with van der Waals surface area (Å²) in [5.41, 5.74) is 3.95. The molecule has 0 aliphatic heterocycles. The van der Waals surface area contributed by atoms with Crippen molar-refractivity contribution in [3.8, 4) is 5.75 Å². The second-order valence-electron chi connectivity index (χ2n) is 12.3. The third kappa shape index (κ3) is 9.47. The van der Waals surface area contributed by atoms with E-state index >= 15 is 0 Å². The Bertz CT molecular complexity index is 1740. The molecule has 4 aromatic carbocycles. The van der Waals surface area contributed by atoms with Crippen LogP contribution in [0.25, 0.3) is 0 Å². The lowest BCUT2D eigenvalue weighted by Crippen LogP contribution is -2.53. The van der Waals surface area contributed by atoms with Gasteiger partial charge in [-0.15, -0.1) is 0 Å². The quantitative estimate of drug-likeness (QED) is 0.131. The highest BCUT2D eigenvalue weighted by Gasteiger charge is 2.34. The van der Waals surface area contributed by atoms with E-state index in [9.17, 15) is 18.0 Å². The van der Waals surface area contributed by atoms with Crippen LogP contribution in [0.4, 0.5) is 5.69 Å². The van der Waals surface area contributed by atoms with Gasteiger partial charge in [-0.05, 0) is 72.4 Å². The number of unbranched alkanes of at least 4 members (excludes halogenated alkanes) is 1. The zero-order valence-electron chi connectivity index (χ0n) is 28.6. The van der Waals surface area contributed by atoms with Gasteiger partial charge in [0.15, 0.2) is 0 Å². The van der Waals surface area contributed by atoms with Gasteiger partial charge in [-0.1, -0.05) is 99.5 Å². The van der Waals surface area contributed by atoms with E-state index in [1.54, 1.807) is 43.5 Å². The van der Waals surface area contributed by atoms with Crippen molar-refractivity contribution in [1.82, 2.24) is 10.2 Å². The fraction of sp³-hybridized carbons (Fsp3) is 0.333. The van der Waals surface area contributed by atoms with Crippen molar-refractivity contribution < 1.29 is 22.7 Å². The number of carbonyl (C=O) groups is 2. The van der Waals surface area contributed by atoms with Gasteiger partial charge in [0.05, 0.1) is 17.7 Å². The first-order chi connectivity index (χ1) is 23.0. The van der Waals surface area contributed by atoms with Gasteiger partial charge in [0.2, 0.25) is 11.8 Å². The molecule has 0 unspecified atom stereocenters. The molecule has 9 heteroatoms. The first-order valence-corrected chi connectivity index (χ1v) is 17.9. The van der Waals surface area contributed by atoms with Crippen LogP contribution in [0.2, 0.25) is 0 Å². The molecule has 1 atom stereocenters. The third-order valence-electron chi connectivity index (χ3n) is 8.32. The lowest BCUT2D eigenvalue weighted by molar-refractivity contribution is -0.140. The summed E-state index contributed by atoms with van der Waals surface area (Å²) in [7, 11) is -2.60. The molecule has 4 aromatic rings. The summed E-state index contributed by atoms with van der Waals surface area (Å²) in [6.07, 6.45) is 1.95. The van der Waals surface area contributed by atoms with Gasteiger partial charge in [0.1, 0.15) is 18.3 Å². The van der Waals surface area contributed by atoms with E-state index in [4.69, 9.17) is 4.74 Å². The minimum atomic E-state index is -4.17. The normalized spacial score (nSPS) is 12.0. The molecule has 0 aromatic heterocycles. The van der Waals surface area contributed by atoms with Gasteiger partial charge in [-0.3, -0.25) is 13.9 Å². The first-order valence-electron chi connectivity index (χ1n) is 16.5. The van der Waals surface area contributed by atoms with Crippen molar-refractivity contribution in [3.63, 3.8) is 0 Å². The van der Waals surface area contributed by atoms with Crippen LogP contribution >= 0.6 is 0 Å². The Labute approximate surface area is 285 Å². The van der Waals surface area contributed by atoms with E-state index in [2.05, 4.69) is 19.2 Å². The van der Waals surface area contributed by atoms with E-state index in [1.165, 1.54) is 4.90 Å². The Balaban J connectivity index is 1.81. The molecule has 0 radical (unpaired) electrons. The maximum Gasteiger partial charge on any atom is 0.264 e. The predicted molar refractivity (Wildman–Crippen MR) is 192 cm³/mol. The summed E-state index contributed by atoms with van der Waals surface area (Å²) in [5, 5.41) is 3.02. The minimum absolute atomic E-state index is 0.0689. The van der Waals surface area contributed by atoms with E-state index in [0.29, 0.717) is 18.0 Å². The number of aryl methyl sites for hydroxylation is 1. The topological polar surface area (TPSA) is 96.0 Å². The number of nitrogens with one attached hydrogen (secondary N) is 1. The highest BCUT2D eigenvalue weighted by Crippen LogP contribution is 2.27. The van der Waals surface area contributed by atoms with Gasteiger partial charge >= 0.3 is 0 Å². The number of anilines is 1. The molecule has 8 nitrogen and oxygen atoms in total. The molecule has 1 N–H and O–H groups in total. The Morgan fingerprint density at radius 3 is 2.15 bits per heavy atom. The maximum atomic E-state index is 14.7. The number of nitrogens with zero attached hydrogens (tertiary/aromatic N) is 2. The number of amides is 2. The van der Waals surface area contributed by atoms with Crippen LogP contribution in [-0.2, 0) is 32.6 Å². The number of ether oxygens (including phenoxy) is 1. The Kier molecular flexibility index (Phi) is 12.8. The monoisotopic (exact) mass is 669 g/mol. The van der Waals surface area contributed by atoms with Crippen LogP contribution in [0.3, 0.4) is 0 Å². The summed E-state index contributed by atoms with van der Waals surface area (Å²) in [5.74, 6) is 0.0534. The summed E-state index contributed by atoms with van der Waals surface area (Å²) in [6, 6.07) is 29.8. The van der Waals surface area contributed by atoms with E-state index in [1.807, 2.05) is 80.6 Å². The molecular formula is C39H47N3O5S. The number of hydrogen-bond acceptors (Lipinski definition) is 5. The largest absolute Gasteiger partial charge is 0.497 e. The van der Waals surface area contributed by atoms with Crippen LogP contribution in [0.5, 0.6) is 5.75 Å². The first kappa shape index (κ1) is 36.2. The van der Waals surface area contributed by atoms with E-state index in [0.717, 1.165) is 39.4 Å². The van der Waals surface area contributed by atoms with Crippen molar-refractivity contribution in [2.24, 2.45) is 0 Å². The van der Waals surface area contributed by atoms with Crippen LogP contribution < -0.4 is 14.4 Å². The number of methoxy groups -OCH3 is 1. The molecule has 0 saturated carbocycles. The molecule has 0 aliphatic rings. The van der Waals surface area contributed by atoms with Gasteiger partial charge in [-0.25, -0.2) is 8.42 Å². The highest BCUT2D eigenvalue weighted by atomic mass is 32.2. The Hall–Kier alpha value is -4.63. The van der Waals surface area contributed by atoms with Crippen LogP contribution in [-0.4, -0.2) is 51.4 Å². The lowest BCUT2D eigenvalue weighted by Gasteiger charge is -2.34. The van der Waals surface area contributed by atoms with Gasteiger partial charge < -0.3 is 15.0 Å². The van der Waals surface area contributed by atoms with Crippen LogP contribution in [0.15, 0.2) is 108 Å². The SMILES string of the molecule is CCCCNC(=O)[C@@H](Cc1ccccc1)N(Cc1cccc(OC)c1)C(=O)CN(c1ccc(C(C)C)cc1)S(=O)(=O)c1ccc(C)cc1. The van der Waals surface area contributed by atoms with Gasteiger partial charge in [0.25, 0.3) is 10.0 Å². The van der Waals surface area contributed by atoms with Crippen LogP contribution in [0.1, 0.15) is 61.8 Å². The van der Waals surface area contributed by atoms with E-state index in [-0.39, 0.29) is 29.7 Å². The summed E-state index contributed by atoms with van der Waals surface area (Å²) < 4.78 is 35.2. The fourth-order valence-corrected chi connectivity index (χ4v) is 6.83. The summed E-state index contributed by atoms with van der Waals surface area (Å²) in [6.45, 7) is 8.09. The number of carbonyl (C=O) groups excluding carboxylic acids is 2. The molecule has 0 spiro atoms. The van der Waals surface area contributed by atoms with E-state index < -0.39 is 28.5 Å². The summed E-state index contributed by atoms with van der Waals surface area (Å²) in [4.78, 5) is 30.2. The fourth-order valence-electron chi connectivity index (χ4n) is 5.42. The lowest BCUT2D eigenvalue weighted by atomic mass is 10.0. The van der Waals surface area contributed by atoms with Crippen molar-refractivity contribution >= 4 is 27.5 Å². The zero-order chi connectivity index (χ0) is 34.7. The molecule has 0 heterocycles. The average molecular weight is 670 g/mol. The van der Waals surface area contributed by atoms with Crippen molar-refractivity contribution in [2.75, 3.05) is 24.5 Å². The highest BCUT2D eigenvalue weighted by molar-refractivity contribution is 7.92. The standard InChI is InChI=1S/C39H47N3O5S/c1-6-7-24-40-39(44)37(26-31-12-9-8-10-13-31)41(27-32-14-11-15-35(25-32)47-5)38(43)28-42(34-20-18-33(19-21-34)29(2)3)48(45,46)36-22-16-30(4)17-23-36/h8-23,25,29,37H,6-7,24,26-28H2,1-5H3,(H,40,44)/t37-/m1/s1. The molecule has 0 aliphatic carbocycles. The Morgan fingerprint density at radius 2 is 1.52 bits per heavy atom. The number of sulfonamides is 1. The molecule has 0 fully saturated rings. The van der Waals surface area contributed by atoms with Gasteiger partial charge in [0, 0.05) is 19.5 Å². The maximum absolute atomic E-state index is 14.7. The van der Waals surface area contributed by atoms with Gasteiger partial charge in [-0.2, -0.15) is 0 Å². The number of rotatable bonds is 16. The predicted octanol–water partition coefficient (Wildman–Crippen LogP) is 6.88. The third-order valence-corrected chi connectivity index (χ3v) is 10.1. The zero-order valence-corrected chi connectivity index (χ0v) is 29.4. The molecule has 0 saturated heterocycles.